The Bertz CT molecular complexity index is 542. The molecule has 106 valence electrons. The molecular formula is C14H17N3O3. The Hall–Kier alpha value is -2.21. The van der Waals surface area contributed by atoms with E-state index < -0.39 is 5.97 Å². The van der Waals surface area contributed by atoms with Crippen molar-refractivity contribution in [2.24, 2.45) is 0 Å². The Morgan fingerprint density at radius 2 is 2.35 bits per heavy atom. The van der Waals surface area contributed by atoms with E-state index in [4.69, 9.17) is 5.11 Å². The molecule has 1 aromatic rings. The van der Waals surface area contributed by atoms with E-state index in [1.165, 1.54) is 12.3 Å². The van der Waals surface area contributed by atoms with E-state index in [0.717, 1.165) is 25.6 Å². The number of rotatable bonds is 4. The summed E-state index contributed by atoms with van der Waals surface area (Å²) in [5, 5.41) is 11.6. The van der Waals surface area contributed by atoms with Crippen LogP contribution in [0.5, 0.6) is 0 Å². The Balaban J connectivity index is 2.11. The lowest BCUT2D eigenvalue weighted by Crippen LogP contribution is -2.37. The highest BCUT2D eigenvalue weighted by molar-refractivity contribution is 5.97. The van der Waals surface area contributed by atoms with Gasteiger partial charge in [-0.2, -0.15) is 0 Å². The molecule has 0 saturated carbocycles. The number of nitrogens with one attached hydrogen (secondary N) is 1. The lowest BCUT2D eigenvalue weighted by Gasteiger charge is -2.13. The number of aliphatic carboxylic acids is 1. The molecule has 2 N–H and O–H groups in total. The molecule has 6 nitrogen and oxygen atoms in total. The molecule has 1 unspecified atom stereocenters. The molecule has 1 fully saturated rings. The number of carbonyl (C=O) groups is 2. The second kappa shape index (κ2) is 6.29. The number of hydrogen-bond donors (Lipinski definition) is 2. The quantitative estimate of drug-likeness (QED) is 0.787. The van der Waals surface area contributed by atoms with Crippen LogP contribution < -0.4 is 5.32 Å². The molecule has 1 aliphatic heterocycles. The number of carbonyl (C=O) groups excluding carboxylic acids is 1. The van der Waals surface area contributed by atoms with Crippen molar-refractivity contribution in [3.8, 4) is 0 Å². The maximum absolute atomic E-state index is 12.2. The van der Waals surface area contributed by atoms with E-state index in [9.17, 15) is 9.59 Å². The Morgan fingerprint density at radius 1 is 1.55 bits per heavy atom. The van der Waals surface area contributed by atoms with Crippen molar-refractivity contribution in [3.05, 3.63) is 35.7 Å². The number of carboxylic acids is 1. The van der Waals surface area contributed by atoms with Crippen molar-refractivity contribution in [1.29, 1.82) is 0 Å². The van der Waals surface area contributed by atoms with Crippen LogP contribution in [0.3, 0.4) is 0 Å². The number of hydrogen-bond acceptors (Lipinski definition) is 4. The van der Waals surface area contributed by atoms with E-state index in [1.54, 1.807) is 12.1 Å². The zero-order valence-corrected chi connectivity index (χ0v) is 11.2. The minimum Gasteiger partial charge on any atom is -0.478 e. The third kappa shape index (κ3) is 3.64. The number of carboxylic acid groups (broad SMARTS) is 1. The maximum atomic E-state index is 12.2. The van der Waals surface area contributed by atoms with Crippen LogP contribution in [-0.2, 0) is 4.79 Å². The Labute approximate surface area is 117 Å². The lowest BCUT2D eigenvalue weighted by atomic mass is 10.1. The number of aromatic nitrogens is 1. The van der Waals surface area contributed by atoms with Crippen molar-refractivity contribution in [3.63, 3.8) is 0 Å². The van der Waals surface area contributed by atoms with Gasteiger partial charge in [0, 0.05) is 30.4 Å². The van der Waals surface area contributed by atoms with Gasteiger partial charge in [-0.1, -0.05) is 6.07 Å². The second-order valence-corrected chi connectivity index (χ2v) is 4.83. The van der Waals surface area contributed by atoms with Gasteiger partial charge in [-0.25, -0.2) is 4.79 Å². The number of pyridine rings is 1. The third-order valence-corrected chi connectivity index (χ3v) is 3.19. The molecular weight excluding hydrogens is 258 g/mol. The minimum absolute atomic E-state index is 0.116. The van der Waals surface area contributed by atoms with E-state index in [1.807, 2.05) is 7.05 Å². The molecule has 1 atom stereocenters. The monoisotopic (exact) mass is 275 g/mol. The molecule has 0 spiro atoms. The molecule has 1 aromatic heterocycles. The van der Waals surface area contributed by atoms with Crippen molar-refractivity contribution in [2.45, 2.75) is 12.5 Å². The number of nitrogens with zero attached hydrogens (tertiary/aromatic N) is 2. The van der Waals surface area contributed by atoms with Crippen LogP contribution in [0.2, 0.25) is 0 Å². The zero-order chi connectivity index (χ0) is 14.5. The van der Waals surface area contributed by atoms with Crippen molar-refractivity contribution in [1.82, 2.24) is 15.2 Å². The fourth-order valence-electron chi connectivity index (χ4n) is 2.21. The first-order valence-electron chi connectivity index (χ1n) is 6.41. The van der Waals surface area contributed by atoms with Gasteiger partial charge in [-0.15, -0.1) is 0 Å². The highest BCUT2D eigenvalue weighted by atomic mass is 16.4. The van der Waals surface area contributed by atoms with Gasteiger partial charge in [0.05, 0.1) is 0 Å². The first-order valence-corrected chi connectivity index (χ1v) is 6.41. The molecule has 0 radical (unpaired) electrons. The predicted octanol–water partition coefficient (Wildman–Crippen LogP) is 0.613. The van der Waals surface area contributed by atoms with Gasteiger partial charge < -0.3 is 15.3 Å². The molecule has 1 amide bonds. The Morgan fingerprint density at radius 3 is 3.00 bits per heavy atom. The predicted molar refractivity (Wildman–Crippen MR) is 74.3 cm³/mol. The number of likely N-dealkylation sites (N-methyl/N-ethyl adjacent to an activating group) is 1. The molecule has 0 aliphatic carbocycles. The minimum atomic E-state index is -1.06. The summed E-state index contributed by atoms with van der Waals surface area (Å²) in [5.74, 6) is -1.33. The summed E-state index contributed by atoms with van der Waals surface area (Å²) < 4.78 is 0. The molecule has 1 saturated heterocycles. The van der Waals surface area contributed by atoms with Gasteiger partial charge in [-0.05, 0) is 32.2 Å². The number of amides is 1. The smallest absolute Gasteiger partial charge is 0.328 e. The van der Waals surface area contributed by atoms with Crippen LogP contribution in [0.4, 0.5) is 0 Å². The zero-order valence-electron chi connectivity index (χ0n) is 11.2. The summed E-state index contributed by atoms with van der Waals surface area (Å²) in [5.41, 5.74) is 0.748. The molecule has 1 aliphatic rings. The highest BCUT2D eigenvalue weighted by Crippen LogP contribution is 2.11. The van der Waals surface area contributed by atoms with Crippen LogP contribution in [0.1, 0.15) is 22.5 Å². The Kier molecular flexibility index (Phi) is 4.47. The van der Waals surface area contributed by atoms with Gasteiger partial charge in [0.2, 0.25) is 0 Å². The van der Waals surface area contributed by atoms with Crippen LogP contribution in [-0.4, -0.2) is 53.0 Å². The summed E-state index contributed by atoms with van der Waals surface area (Å²) in [7, 11) is 2.01. The average molecular weight is 275 g/mol. The maximum Gasteiger partial charge on any atom is 0.328 e. The third-order valence-electron chi connectivity index (χ3n) is 3.19. The fourth-order valence-corrected chi connectivity index (χ4v) is 2.21. The van der Waals surface area contributed by atoms with Crippen LogP contribution in [0.25, 0.3) is 6.08 Å². The van der Waals surface area contributed by atoms with Gasteiger partial charge in [0.15, 0.2) is 0 Å². The van der Waals surface area contributed by atoms with E-state index >= 15 is 0 Å². The molecule has 0 aromatic carbocycles. The van der Waals surface area contributed by atoms with Gasteiger partial charge >= 0.3 is 5.97 Å². The first kappa shape index (κ1) is 14.2. The van der Waals surface area contributed by atoms with E-state index in [-0.39, 0.29) is 17.6 Å². The molecule has 20 heavy (non-hydrogen) atoms. The average Bonchev–Trinajstić information content (AvgIpc) is 2.82. The molecule has 2 heterocycles. The highest BCUT2D eigenvalue weighted by Gasteiger charge is 2.22. The summed E-state index contributed by atoms with van der Waals surface area (Å²) in [6, 6.07) is 3.45. The van der Waals surface area contributed by atoms with Crippen molar-refractivity contribution in [2.75, 3.05) is 20.1 Å². The summed E-state index contributed by atoms with van der Waals surface area (Å²) in [4.78, 5) is 28.9. The normalized spacial score (nSPS) is 19.4. The van der Waals surface area contributed by atoms with E-state index in [0.29, 0.717) is 5.56 Å². The van der Waals surface area contributed by atoms with Crippen molar-refractivity contribution >= 4 is 18.0 Å². The van der Waals surface area contributed by atoms with Crippen molar-refractivity contribution < 1.29 is 14.7 Å². The number of likely N-dealkylation sites (tertiary alicyclic amines) is 1. The largest absolute Gasteiger partial charge is 0.478 e. The fraction of sp³-hybridized carbons (Fsp3) is 0.357. The van der Waals surface area contributed by atoms with Gasteiger partial charge in [0.1, 0.15) is 5.69 Å². The van der Waals surface area contributed by atoms with Crippen LogP contribution in [0.15, 0.2) is 24.4 Å². The lowest BCUT2D eigenvalue weighted by molar-refractivity contribution is -0.131. The standard InChI is InChI=1S/C14H17N3O3/c1-17-8-6-11(9-17)16-14(20)13-10(3-2-7-15-13)4-5-12(18)19/h2-5,7,11H,6,8-9H2,1H3,(H,16,20)(H,18,19)/b5-4+. The molecule has 0 bridgehead atoms. The SMILES string of the molecule is CN1CCC(NC(=O)c2ncccc2/C=C/C(=O)O)C1. The first-order chi connectivity index (χ1) is 9.56. The van der Waals surface area contributed by atoms with Gasteiger partial charge in [0.25, 0.3) is 5.91 Å². The molecule has 2 rings (SSSR count). The van der Waals surface area contributed by atoms with Gasteiger partial charge in [-0.3, -0.25) is 9.78 Å². The summed E-state index contributed by atoms with van der Waals surface area (Å²) >= 11 is 0. The summed E-state index contributed by atoms with van der Waals surface area (Å²) in [6.07, 6.45) is 4.81. The van der Waals surface area contributed by atoms with Crippen LogP contribution >= 0.6 is 0 Å². The summed E-state index contributed by atoms with van der Waals surface area (Å²) in [6.45, 7) is 1.78. The van der Waals surface area contributed by atoms with Crippen LogP contribution in [0, 0.1) is 0 Å². The van der Waals surface area contributed by atoms with E-state index in [2.05, 4.69) is 15.2 Å². The topological polar surface area (TPSA) is 82.5 Å². The molecule has 6 heteroatoms. The second-order valence-electron chi connectivity index (χ2n) is 4.83.